The lowest BCUT2D eigenvalue weighted by atomic mass is 10.1. The van der Waals surface area contributed by atoms with Gasteiger partial charge in [-0.05, 0) is 46.8 Å². The van der Waals surface area contributed by atoms with E-state index in [9.17, 15) is 0 Å². The quantitative estimate of drug-likeness (QED) is 0.634. The zero-order chi connectivity index (χ0) is 21.5. The summed E-state index contributed by atoms with van der Waals surface area (Å²) in [5.74, 6) is 0.880. The summed E-state index contributed by atoms with van der Waals surface area (Å²) in [7, 11) is -2.54. The third-order valence-corrected chi connectivity index (χ3v) is 10.6. The molecule has 2 aromatic carbocycles. The molecule has 0 aliphatic carbocycles. The molecule has 0 spiro atoms. The average Bonchev–Trinajstić information content (AvgIpc) is 2.75. The van der Waals surface area contributed by atoms with Crippen molar-refractivity contribution in [3.8, 4) is 0 Å². The lowest BCUT2D eigenvalue weighted by Crippen LogP contribution is -2.67. The third kappa shape index (κ3) is 5.12. The van der Waals surface area contributed by atoms with Crippen LogP contribution in [-0.2, 0) is 9.16 Å². The van der Waals surface area contributed by atoms with Gasteiger partial charge >= 0.3 is 0 Å². The van der Waals surface area contributed by atoms with Crippen molar-refractivity contribution >= 4 is 18.7 Å². The van der Waals surface area contributed by atoms with Crippen LogP contribution < -0.4 is 10.4 Å². The molecule has 0 fully saturated rings. The molecule has 1 unspecified atom stereocenters. The molecule has 0 amide bonds. The smallest absolute Gasteiger partial charge is 0.261 e. The molecule has 2 aromatic rings. The van der Waals surface area contributed by atoms with Crippen LogP contribution in [-0.4, -0.2) is 32.7 Å². The maximum atomic E-state index is 8.99. The van der Waals surface area contributed by atoms with Crippen LogP contribution in [0.25, 0.3) is 0 Å². The number of aliphatic hydroxyl groups excluding tert-OH is 1. The highest BCUT2D eigenvalue weighted by atomic mass is 28.4. The van der Waals surface area contributed by atoms with Gasteiger partial charge in [0.1, 0.15) is 11.9 Å². The van der Waals surface area contributed by atoms with Gasteiger partial charge in [0.25, 0.3) is 8.32 Å². The zero-order valence-corrected chi connectivity index (χ0v) is 19.4. The number of hydrogen-bond donors (Lipinski definition) is 1. The van der Waals surface area contributed by atoms with E-state index >= 15 is 0 Å². The van der Waals surface area contributed by atoms with Crippen LogP contribution in [0.2, 0.25) is 5.04 Å². The van der Waals surface area contributed by atoms with Crippen molar-refractivity contribution < 1.29 is 14.3 Å². The van der Waals surface area contributed by atoms with E-state index in [-0.39, 0.29) is 17.7 Å². The van der Waals surface area contributed by atoms with Gasteiger partial charge in [0.05, 0.1) is 6.61 Å². The molecule has 3 rings (SSSR count). The van der Waals surface area contributed by atoms with E-state index in [1.807, 2.05) is 12.2 Å². The highest BCUT2D eigenvalue weighted by Crippen LogP contribution is 2.37. The molecular weight excluding hydrogens is 388 g/mol. The van der Waals surface area contributed by atoms with Crippen molar-refractivity contribution in [3.63, 3.8) is 0 Å². The number of allylic oxidation sites excluding steroid dienone is 2. The summed E-state index contributed by atoms with van der Waals surface area (Å²) in [6.07, 6.45) is 8.65. The van der Waals surface area contributed by atoms with E-state index in [1.54, 1.807) is 0 Å². The Bertz CT molecular complexity index is 798. The molecule has 1 aliphatic rings. The van der Waals surface area contributed by atoms with Crippen LogP contribution in [0.3, 0.4) is 0 Å². The van der Waals surface area contributed by atoms with E-state index in [1.165, 1.54) is 10.4 Å². The summed E-state index contributed by atoms with van der Waals surface area (Å²) in [6.45, 7) is 7.61. The Morgan fingerprint density at radius 1 is 1.03 bits per heavy atom. The van der Waals surface area contributed by atoms with Crippen LogP contribution >= 0.6 is 0 Å². The number of hydrogen-bond acceptors (Lipinski definition) is 3. The summed E-state index contributed by atoms with van der Waals surface area (Å²) >= 11 is 0. The first-order chi connectivity index (χ1) is 14.5. The Kier molecular flexibility index (Phi) is 7.70. The second-order valence-electron chi connectivity index (χ2n) is 8.81. The van der Waals surface area contributed by atoms with E-state index in [4.69, 9.17) is 14.3 Å². The highest BCUT2D eigenvalue weighted by molar-refractivity contribution is 6.99. The van der Waals surface area contributed by atoms with Crippen LogP contribution in [0.4, 0.5) is 0 Å². The molecule has 160 valence electrons. The van der Waals surface area contributed by atoms with Gasteiger partial charge in [0.2, 0.25) is 0 Å². The monoisotopic (exact) mass is 422 g/mol. The van der Waals surface area contributed by atoms with Crippen molar-refractivity contribution in [2.24, 2.45) is 0 Å². The van der Waals surface area contributed by atoms with Gasteiger partial charge in [0.15, 0.2) is 0 Å². The van der Waals surface area contributed by atoms with Crippen LogP contribution in [0.1, 0.15) is 40.0 Å². The fourth-order valence-corrected chi connectivity index (χ4v) is 8.78. The Balaban J connectivity index is 1.88. The van der Waals surface area contributed by atoms with Crippen LogP contribution in [0.5, 0.6) is 0 Å². The van der Waals surface area contributed by atoms with Crippen molar-refractivity contribution in [2.45, 2.75) is 51.2 Å². The van der Waals surface area contributed by atoms with Crippen molar-refractivity contribution in [3.05, 3.63) is 84.7 Å². The molecule has 1 aliphatic heterocycles. The second kappa shape index (κ2) is 10.2. The molecule has 3 nitrogen and oxygen atoms in total. The van der Waals surface area contributed by atoms with Crippen LogP contribution in [0, 0.1) is 0 Å². The minimum atomic E-state index is -2.54. The second-order valence-corrected chi connectivity index (χ2v) is 13.1. The normalized spacial score (nSPS) is 17.6. The topological polar surface area (TPSA) is 38.7 Å². The Hall–Kier alpha value is -2.14. The molecule has 1 atom stereocenters. The summed E-state index contributed by atoms with van der Waals surface area (Å²) in [6, 6.07) is 21.4. The van der Waals surface area contributed by atoms with Crippen molar-refractivity contribution in [1.82, 2.24) is 0 Å². The molecule has 4 heteroatoms. The molecule has 1 N–H and O–H groups in total. The number of rotatable bonds is 8. The first-order valence-corrected chi connectivity index (χ1v) is 12.8. The minimum absolute atomic E-state index is 0.0328. The molecule has 0 bridgehead atoms. The first kappa shape index (κ1) is 22.5. The van der Waals surface area contributed by atoms with Gasteiger partial charge in [-0.3, -0.25) is 0 Å². The number of aliphatic hydroxyl groups is 1. The maximum Gasteiger partial charge on any atom is 0.261 e. The van der Waals surface area contributed by atoms with Gasteiger partial charge < -0.3 is 14.3 Å². The molecule has 0 aromatic heterocycles. The van der Waals surface area contributed by atoms with Gasteiger partial charge in [-0.25, -0.2) is 0 Å². The van der Waals surface area contributed by atoms with Gasteiger partial charge in [0, 0.05) is 6.61 Å². The first-order valence-electron chi connectivity index (χ1n) is 10.9. The molecule has 30 heavy (non-hydrogen) atoms. The average molecular weight is 423 g/mol. The Morgan fingerprint density at radius 3 is 2.17 bits per heavy atom. The molecule has 0 radical (unpaired) electrons. The fraction of sp³-hybridized carbons (Fsp3) is 0.385. The standard InChI is InChI=1S/C26H34O3Si/c1-26(2,3)30(24-16-6-4-7-17-24,25-18-8-5-9-19-25)28-21-23-15-12-14-22(29-23)13-10-11-20-27/h4-10,13-14,16-19,23,27H,11-12,15,20-21H2,1-3H3/b13-10-. The van der Waals surface area contributed by atoms with Crippen LogP contribution in [0.15, 0.2) is 84.7 Å². The predicted molar refractivity (Wildman–Crippen MR) is 127 cm³/mol. The maximum absolute atomic E-state index is 8.99. The van der Waals surface area contributed by atoms with E-state index in [0.717, 1.165) is 18.6 Å². The third-order valence-electron chi connectivity index (χ3n) is 5.62. The Morgan fingerprint density at radius 2 is 1.63 bits per heavy atom. The SMILES string of the molecule is CC(C)(C)[Si](OCC1CCC=C(/C=C\CCO)O1)(c1ccccc1)c1ccccc1. The fourth-order valence-electron chi connectivity index (χ4n) is 4.19. The van der Waals surface area contributed by atoms with E-state index < -0.39 is 8.32 Å². The Labute approximate surface area is 182 Å². The lowest BCUT2D eigenvalue weighted by molar-refractivity contribution is 0.0556. The van der Waals surface area contributed by atoms with E-state index in [0.29, 0.717) is 13.0 Å². The summed E-state index contributed by atoms with van der Waals surface area (Å²) < 4.78 is 13.2. The number of ether oxygens (including phenoxy) is 1. The predicted octanol–water partition coefficient (Wildman–Crippen LogP) is 4.56. The molecule has 1 heterocycles. The summed E-state index contributed by atoms with van der Waals surface area (Å²) in [5.41, 5.74) is 0. The zero-order valence-electron chi connectivity index (χ0n) is 18.4. The van der Waals surface area contributed by atoms with Gasteiger partial charge in [-0.1, -0.05) is 87.5 Å². The van der Waals surface area contributed by atoms with Crippen molar-refractivity contribution in [1.29, 1.82) is 0 Å². The minimum Gasteiger partial charge on any atom is -0.488 e. The summed E-state index contributed by atoms with van der Waals surface area (Å²) in [4.78, 5) is 0. The van der Waals surface area contributed by atoms with E-state index in [2.05, 4.69) is 87.5 Å². The largest absolute Gasteiger partial charge is 0.488 e. The molecular formula is C26H34O3Si. The molecule has 0 saturated carbocycles. The number of benzene rings is 2. The van der Waals surface area contributed by atoms with Gasteiger partial charge in [-0.2, -0.15) is 0 Å². The van der Waals surface area contributed by atoms with Gasteiger partial charge in [-0.15, -0.1) is 0 Å². The summed E-state index contributed by atoms with van der Waals surface area (Å²) in [5, 5.41) is 11.5. The highest BCUT2D eigenvalue weighted by Gasteiger charge is 2.50. The lowest BCUT2D eigenvalue weighted by Gasteiger charge is -2.43. The van der Waals surface area contributed by atoms with Crippen molar-refractivity contribution in [2.75, 3.05) is 13.2 Å². The molecule has 0 saturated heterocycles.